The first-order chi connectivity index (χ1) is 7.90. The number of fused-ring (bicyclic) bond motifs is 2. The summed E-state index contributed by atoms with van der Waals surface area (Å²) in [6.45, 7) is 1.15. The zero-order valence-electron chi connectivity index (χ0n) is 9.06. The Morgan fingerprint density at radius 3 is 2.44 bits per heavy atom. The molecule has 0 radical (unpaired) electrons. The molecule has 0 saturated heterocycles. The van der Waals surface area contributed by atoms with Crippen molar-refractivity contribution in [2.75, 3.05) is 6.61 Å². The molecule has 3 atom stereocenters. The molecule has 3 rings (SSSR count). The van der Waals surface area contributed by atoms with E-state index in [1.54, 1.807) is 0 Å². The van der Waals surface area contributed by atoms with Gasteiger partial charge in [-0.2, -0.15) is 15.4 Å². The zero-order valence-corrected chi connectivity index (χ0v) is 9.06. The molecule has 86 valence electrons. The molecule has 0 spiro atoms. The molecule has 0 amide bonds. The first kappa shape index (κ1) is 9.81. The van der Waals surface area contributed by atoms with Crippen LogP contribution in [-0.2, 0) is 22.4 Å². The Kier molecular flexibility index (Phi) is 2.38. The van der Waals surface area contributed by atoms with Crippen LogP contribution in [0.3, 0.4) is 0 Å². The van der Waals surface area contributed by atoms with Crippen molar-refractivity contribution in [2.24, 2.45) is 17.8 Å². The van der Waals surface area contributed by atoms with Crippen LogP contribution in [0.4, 0.5) is 0 Å². The minimum absolute atomic E-state index is 0.554. The largest absolute Gasteiger partial charge is 0.468 e. The number of aryl methyl sites for hydroxylation is 2. The third-order valence-corrected chi connectivity index (χ3v) is 4.00. The van der Waals surface area contributed by atoms with Gasteiger partial charge in [0.05, 0.1) is 18.0 Å². The van der Waals surface area contributed by atoms with E-state index >= 15 is 0 Å². The fraction of sp³-hybridized carbons (Fsp3) is 0.727. The number of aromatic amines is 1. The average Bonchev–Trinajstić information content (AvgIpc) is 2.71. The number of carbonyl (C=O) groups is 1. The van der Waals surface area contributed by atoms with Crippen molar-refractivity contribution < 1.29 is 9.53 Å². The highest BCUT2D eigenvalue weighted by Crippen LogP contribution is 2.52. The summed E-state index contributed by atoms with van der Waals surface area (Å²) in [5.74, 6) is 2.03. The lowest BCUT2D eigenvalue weighted by Gasteiger charge is -2.04. The van der Waals surface area contributed by atoms with Gasteiger partial charge in [0.1, 0.15) is 0 Å². The number of nitrogens with zero attached hydrogens (tertiary/aromatic N) is 2. The van der Waals surface area contributed by atoms with Crippen LogP contribution < -0.4 is 0 Å². The Labute approximate surface area is 93.6 Å². The quantitative estimate of drug-likeness (QED) is 0.764. The molecule has 2 aliphatic rings. The Balaban J connectivity index is 1.64. The summed E-state index contributed by atoms with van der Waals surface area (Å²) < 4.78 is 4.87. The van der Waals surface area contributed by atoms with Gasteiger partial charge < -0.3 is 4.74 Å². The minimum atomic E-state index is 0.554. The van der Waals surface area contributed by atoms with Gasteiger partial charge in [0.25, 0.3) is 6.47 Å². The van der Waals surface area contributed by atoms with E-state index in [-0.39, 0.29) is 0 Å². The van der Waals surface area contributed by atoms with E-state index in [0.717, 1.165) is 48.9 Å². The van der Waals surface area contributed by atoms with Crippen molar-refractivity contribution in [3.05, 3.63) is 11.4 Å². The van der Waals surface area contributed by atoms with Crippen LogP contribution in [0.1, 0.15) is 24.2 Å². The van der Waals surface area contributed by atoms with E-state index in [1.165, 1.54) is 0 Å². The molecule has 1 fully saturated rings. The predicted molar refractivity (Wildman–Crippen MR) is 55.5 cm³/mol. The zero-order chi connectivity index (χ0) is 11.0. The molecule has 16 heavy (non-hydrogen) atoms. The number of ether oxygens (including phenoxy) is 1. The third kappa shape index (κ3) is 1.60. The van der Waals surface area contributed by atoms with Crippen LogP contribution >= 0.6 is 0 Å². The third-order valence-electron chi connectivity index (χ3n) is 4.00. The van der Waals surface area contributed by atoms with Crippen molar-refractivity contribution in [2.45, 2.75) is 25.7 Å². The van der Waals surface area contributed by atoms with Gasteiger partial charge in [0.15, 0.2) is 0 Å². The van der Waals surface area contributed by atoms with Crippen molar-refractivity contribution in [3.8, 4) is 0 Å². The van der Waals surface area contributed by atoms with Crippen LogP contribution in [0.2, 0.25) is 0 Å². The van der Waals surface area contributed by atoms with E-state index in [4.69, 9.17) is 4.74 Å². The Morgan fingerprint density at radius 2 is 1.88 bits per heavy atom. The van der Waals surface area contributed by atoms with Crippen LogP contribution in [0, 0.1) is 17.8 Å². The van der Waals surface area contributed by atoms with Gasteiger partial charge in [-0.3, -0.25) is 4.79 Å². The Morgan fingerprint density at radius 1 is 1.25 bits per heavy atom. The van der Waals surface area contributed by atoms with Gasteiger partial charge >= 0.3 is 0 Å². The molecule has 1 unspecified atom stereocenters. The predicted octanol–water partition coefficient (Wildman–Crippen LogP) is 0.719. The highest BCUT2D eigenvalue weighted by Gasteiger charge is 2.49. The molecule has 1 aromatic heterocycles. The maximum atomic E-state index is 10.2. The van der Waals surface area contributed by atoms with Crippen molar-refractivity contribution in [1.29, 1.82) is 0 Å². The molecule has 0 bridgehead atoms. The van der Waals surface area contributed by atoms with E-state index in [2.05, 4.69) is 15.4 Å². The van der Waals surface area contributed by atoms with Crippen molar-refractivity contribution >= 4 is 6.47 Å². The molecule has 1 heterocycles. The van der Waals surface area contributed by atoms with Gasteiger partial charge in [-0.05, 0) is 43.4 Å². The summed E-state index contributed by atoms with van der Waals surface area (Å²) in [6.07, 6.45) is 4.31. The maximum Gasteiger partial charge on any atom is 0.293 e. The molecule has 1 saturated carbocycles. The molecule has 2 aliphatic carbocycles. The molecule has 1 aromatic rings. The number of rotatable bonds is 3. The molecule has 0 aromatic carbocycles. The summed E-state index contributed by atoms with van der Waals surface area (Å²) in [5.41, 5.74) is 2.25. The first-order valence-corrected chi connectivity index (χ1v) is 5.84. The Hall–Kier alpha value is -1.39. The molecular weight excluding hydrogens is 206 g/mol. The summed E-state index contributed by atoms with van der Waals surface area (Å²) >= 11 is 0. The SMILES string of the molecule is O=COCC1[C@H]2CCc3n[nH]nc3CC[C@@H]12. The normalized spacial score (nSPS) is 31.9. The number of aromatic nitrogens is 3. The maximum absolute atomic E-state index is 10.2. The Bertz CT molecular complexity index is 362. The number of carbonyl (C=O) groups excluding carboxylic acids is 1. The minimum Gasteiger partial charge on any atom is -0.468 e. The van der Waals surface area contributed by atoms with Crippen LogP contribution in [0.25, 0.3) is 0 Å². The fourth-order valence-corrected chi connectivity index (χ4v) is 3.06. The van der Waals surface area contributed by atoms with Gasteiger partial charge in [0.2, 0.25) is 0 Å². The monoisotopic (exact) mass is 221 g/mol. The van der Waals surface area contributed by atoms with Crippen molar-refractivity contribution in [3.63, 3.8) is 0 Å². The molecule has 0 aliphatic heterocycles. The van der Waals surface area contributed by atoms with Crippen LogP contribution in [0.5, 0.6) is 0 Å². The number of nitrogens with one attached hydrogen (secondary N) is 1. The number of hydrogen-bond acceptors (Lipinski definition) is 4. The molecule has 1 N–H and O–H groups in total. The summed E-state index contributed by atoms with van der Waals surface area (Å²) in [4.78, 5) is 10.2. The van der Waals surface area contributed by atoms with E-state index in [0.29, 0.717) is 19.0 Å². The number of hydrogen-bond donors (Lipinski definition) is 1. The highest BCUT2D eigenvalue weighted by atomic mass is 16.5. The van der Waals surface area contributed by atoms with Gasteiger partial charge in [-0.15, -0.1) is 0 Å². The fourth-order valence-electron chi connectivity index (χ4n) is 3.06. The van der Waals surface area contributed by atoms with Gasteiger partial charge in [-0.25, -0.2) is 0 Å². The summed E-state index contributed by atoms with van der Waals surface area (Å²) in [5, 5.41) is 11.1. The first-order valence-electron chi connectivity index (χ1n) is 5.84. The van der Waals surface area contributed by atoms with Crippen LogP contribution in [0.15, 0.2) is 0 Å². The van der Waals surface area contributed by atoms with Crippen LogP contribution in [-0.4, -0.2) is 28.5 Å². The second kappa shape index (κ2) is 3.88. The van der Waals surface area contributed by atoms with E-state index in [9.17, 15) is 4.79 Å². The van der Waals surface area contributed by atoms with Crippen molar-refractivity contribution in [1.82, 2.24) is 15.4 Å². The summed E-state index contributed by atoms with van der Waals surface area (Å²) in [6, 6.07) is 0. The number of H-pyrrole nitrogens is 1. The smallest absolute Gasteiger partial charge is 0.293 e. The lowest BCUT2D eigenvalue weighted by molar-refractivity contribution is -0.129. The van der Waals surface area contributed by atoms with Gasteiger partial charge in [-0.1, -0.05) is 0 Å². The lowest BCUT2D eigenvalue weighted by atomic mass is 10.0. The molecular formula is C11H15N3O2. The summed E-state index contributed by atoms with van der Waals surface area (Å²) in [7, 11) is 0. The highest BCUT2D eigenvalue weighted by molar-refractivity contribution is 5.37. The second-order valence-corrected chi connectivity index (χ2v) is 4.72. The second-order valence-electron chi connectivity index (χ2n) is 4.72. The van der Waals surface area contributed by atoms with E-state index in [1.807, 2.05) is 0 Å². The topological polar surface area (TPSA) is 67.9 Å². The van der Waals surface area contributed by atoms with E-state index < -0.39 is 0 Å². The standard InChI is InChI=1S/C11H15N3O2/c15-6-16-5-9-7-1-3-10-11(13-14-12-10)4-2-8(7)9/h6-9H,1-5H2,(H,12,13,14)/t7-,8+,9?. The van der Waals surface area contributed by atoms with Gasteiger partial charge in [0, 0.05) is 0 Å². The lowest BCUT2D eigenvalue weighted by Crippen LogP contribution is -2.00. The molecule has 5 heteroatoms. The average molecular weight is 221 g/mol. The molecule has 5 nitrogen and oxygen atoms in total.